The molecule has 2 nitrogen and oxygen atoms in total. The number of hydrogen-bond acceptors (Lipinski definition) is 2. The number of hydrogen-bond donors (Lipinski definition) is 0. The Morgan fingerprint density at radius 1 is 1.31 bits per heavy atom. The third kappa shape index (κ3) is 9.12. The lowest BCUT2D eigenvalue weighted by Crippen LogP contribution is -2.04. The molecule has 0 N–H and O–H groups in total. The van der Waals surface area contributed by atoms with E-state index < -0.39 is 0 Å². The molecule has 0 aromatic rings. The summed E-state index contributed by atoms with van der Waals surface area (Å²) in [7, 11) is 0. The van der Waals surface area contributed by atoms with Crippen LogP contribution in [0.15, 0.2) is 12.2 Å². The van der Waals surface area contributed by atoms with E-state index in [1.807, 2.05) is 19.9 Å². The molecular formula is C11H20O2. The van der Waals surface area contributed by atoms with Gasteiger partial charge in [-0.3, -0.25) is 0 Å². The molecule has 0 aromatic carbocycles. The van der Waals surface area contributed by atoms with Crippen LogP contribution in [0, 0.1) is 11.8 Å². The number of carbonyl (C=O) groups excluding carboxylic acids is 1. The van der Waals surface area contributed by atoms with E-state index in [0.717, 1.165) is 6.42 Å². The van der Waals surface area contributed by atoms with Gasteiger partial charge in [0.25, 0.3) is 0 Å². The van der Waals surface area contributed by atoms with Gasteiger partial charge in [0.2, 0.25) is 0 Å². The average molecular weight is 184 g/mol. The van der Waals surface area contributed by atoms with Crippen LogP contribution in [-0.4, -0.2) is 12.6 Å². The highest BCUT2D eigenvalue weighted by atomic mass is 16.5. The Kier molecular flexibility index (Phi) is 6.29. The second kappa shape index (κ2) is 6.70. The van der Waals surface area contributed by atoms with Crippen molar-refractivity contribution in [3.63, 3.8) is 0 Å². The summed E-state index contributed by atoms with van der Waals surface area (Å²) in [6, 6.07) is 0. The van der Waals surface area contributed by atoms with Gasteiger partial charge in [-0.05, 0) is 18.3 Å². The summed E-state index contributed by atoms with van der Waals surface area (Å²) in [5, 5.41) is 0. The SMILES string of the molecule is CC(C)C=CC(=O)OCCC(C)C. The molecule has 0 heterocycles. The van der Waals surface area contributed by atoms with Crippen LogP contribution in [0.1, 0.15) is 34.1 Å². The Hall–Kier alpha value is -0.790. The molecule has 0 atom stereocenters. The van der Waals surface area contributed by atoms with Crippen LogP contribution in [0.4, 0.5) is 0 Å². The third-order valence-electron chi connectivity index (χ3n) is 1.56. The quantitative estimate of drug-likeness (QED) is 0.485. The molecule has 0 saturated heterocycles. The highest BCUT2D eigenvalue weighted by Gasteiger charge is 1.98. The van der Waals surface area contributed by atoms with Crippen molar-refractivity contribution in [3.8, 4) is 0 Å². The third-order valence-corrected chi connectivity index (χ3v) is 1.56. The number of esters is 1. The molecular weight excluding hydrogens is 164 g/mol. The normalized spacial score (nSPS) is 11.5. The summed E-state index contributed by atoms with van der Waals surface area (Å²) in [5.74, 6) is 0.758. The van der Waals surface area contributed by atoms with E-state index in [-0.39, 0.29) is 5.97 Å². The smallest absolute Gasteiger partial charge is 0.330 e. The van der Waals surface area contributed by atoms with Crippen molar-refractivity contribution in [1.82, 2.24) is 0 Å². The molecule has 13 heavy (non-hydrogen) atoms. The minimum atomic E-state index is -0.227. The van der Waals surface area contributed by atoms with Gasteiger partial charge in [-0.15, -0.1) is 0 Å². The monoisotopic (exact) mass is 184 g/mol. The Morgan fingerprint density at radius 2 is 1.92 bits per heavy atom. The lowest BCUT2D eigenvalue weighted by atomic mass is 10.1. The zero-order valence-corrected chi connectivity index (χ0v) is 9.04. The van der Waals surface area contributed by atoms with Crippen LogP contribution in [0.2, 0.25) is 0 Å². The highest BCUT2D eigenvalue weighted by molar-refractivity contribution is 5.81. The first-order valence-electron chi connectivity index (χ1n) is 4.87. The molecule has 2 heteroatoms. The van der Waals surface area contributed by atoms with Gasteiger partial charge < -0.3 is 4.74 Å². The molecule has 0 aliphatic heterocycles. The Bertz CT molecular complexity index is 169. The van der Waals surface area contributed by atoms with Gasteiger partial charge in [-0.25, -0.2) is 4.79 Å². The molecule has 0 fully saturated rings. The maximum atomic E-state index is 11.0. The van der Waals surface area contributed by atoms with Gasteiger partial charge >= 0.3 is 5.97 Å². The predicted molar refractivity (Wildman–Crippen MR) is 54.4 cm³/mol. The zero-order chi connectivity index (χ0) is 10.3. The van der Waals surface area contributed by atoms with Gasteiger partial charge in [0, 0.05) is 6.08 Å². The number of rotatable bonds is 5. The van der Waals surface area contributed by atoms with E-state index in [0.29, 0.717) is 18.4 Å². The van der Waals surface area contributed by atoms with Crippen LogP contribution in [-0.2, 0) is 9.53 Å². The van der Waals surface area contributed by atoms with Gasteiger partial charge in [0.05, 0.1) is 6.61 Å². The average Bonchev–Trinajstić information content (AvgIpc) is 2.00. The fourth-order valence-corrected chi connectivity index (χ4v) is 0.714. The molecule has 0 amide bonds. The first-order valence-corrected chi connectivity index (χ1v) is 4.87. The highest BCUT2D eigenvalue weighted by Crippen LogP contribution is 2.00. The van der Waals surface area contributed by atoms with Crippen molar-refractivity contribution in [2.45, 2.75) is 34.1 Å². The zero-order valence-electron chi connectivity index (χ0n) is 9.04. The fourth-order valence-electron chi connectivity index (χ4n) is 0.714. The summed E-state index contributed by atoms with van der Waals surface area (Å²) >= 11 is 0. The largest absolute Gasteiger partial charge is 0.463 e. The van der Waals surface area contributed by atoms with Crippen molar-refractivity contribution in [3.05, 3.63) is 12.2 Å². The maximum absolute atomic E-state index is 11.0. The molecule has 0 radical (unpaired) electrons. The topological polar surface area (TPSA) is 26.3 Å². The molecule has 0 saturated carbocycles. The van der Waals surface area contributed by atoms with E-state index in [1.165, 1.54) is 6.08 Å². The van der Waals surface area contributed by atoms with Crippen LogP contribution in [0.5, 0.6) is 0 Å². The summed E-state index contributed by atoms with van der Waals surface area (Å²) in [6.07, 6.45) is 4.28. The van der Waals surface area contributed by atoms with Crippen LogP contribution < -0.4 is 0 Å². The van der Waals surface area contributed by atoms with Crippen molar-refractivity contribution in [2.75, 3.05) is 6.61 Å². The summed E-state index contributed by atoms with van der Waals surface area (Å²) < 4.78 is 4.98. The first-order chi connectivity index (χ1) is 6.02. The standard InChI is InChI=1S/C11H20O2/c1-9(2)5-6-11(12)13-8-7-10(3)4/h5-6,9-10H,7-8H2,1-4H3. The predicted octanol–water partition coefficient (Wildman–Crippen LogP) is 2.79. The van der Waals surface area contributed by atoms with Gasteiger partial charge in [-0.1, -0.05) is 33.8 Å². The van der Waals surface area contributed by atoms with E-state index in [2.05, 4.69) is 13.8 Å². The first kappa shape index (κ1) is 12.2. The molecule has 0 rings (SSSR count). The Balaban J connectivity index is 3.52. The maximum Gasteiger partial charge on any atom is 0.330 e. The Labute approximate surface area is 81.0 Å². The molecule has 0 spiro atoms. The summed E-state index contributed by atoms with van der Waals surface area (Å²) in [6.45, 7) is 8.80. The molecule has 76 valence electrons. The van der Waals surface area contributed by atoms with Gasteiger partial charge in [-0.2, -0.15) is 0 Å². The minimum Gasteiger partial charge on any atom is -0.463 e. The van der Waals surface area contributed by atoms with Crippen molar-refractivity contribution >= 4 is 5.97 Å². The van der Waals surface area contributed by atoms with Crippen molar-refractivity contribution in [1.29, 1.82) is 0 Å². The van der Waals surface area contributed by atoms with E-state index in [1.54, 1.807) is 0 Å². The lowest BCUT2D eigenvalue weighted by Gasteiger charge is -2.04. The molecule has 0 bridgehead atoms. The summed E-state index contributed by atoms with van der Waals surface area (Å²) in [4.78, 5) is 11.0. The van der Waals surface area contributed by atoms with Crippen LogP contribution in [0.3, 0.4) is 0 Å². The van der Waals surface area contributed by atoms with Gasteiger partial charge in [0.1, 0.15) is 0 Å². The molecule has 0 aromatic heterocycles. The van der Waals surface area contributed by atoms with Crippen molar-refractivity contribution < 1.29 is 9.53 Å². The number of carbonyl (C=O) groups is 1. The molecule has 0 aliphatic rings. The molecule has 0 unspecified atom stereocenters. The lowest BCUT2D eigenvalue weighted by molar-refractivity contribution is -0.138. The van der Waals surface area contributed by atoms with Crippen LogP contribution in [0.25, 0.3) is 0 Å². The van der Waals surface area contributed by atoms with Crippen LogP contribution >= 0.6 is 0 Å². The van der Waals surface area contributed by atoms with Gasteiger partial charge in [0.15, 0.2) is 0 Å². The van der Waals surface area contributed by atoms with Crippen molar-refractivity contribution in [2.24, 2.45) is 11.8 Å². The van der Waals surface area contributed by atoms with E-state index in [4.69, 9.17) is 4.74 Å². The number of ether oxygens (including phenoxy) is 1. The summed E-state index contributed by atoms with van der Waals surface area (Å²) in [5.41, 5.74) is 0. The number of allylic oxidation sites excluding steroid dienone is 1. The second-order valence-electron chi connectivity index (χ2n) is 3.95. The van der Waals surface area contributed by atoms with E-state index >= 15 is 0 Å². The second-order valence-corrected chi connectivity index (χ2v) is 3.95. The van der Waals surface area contributed by atoms with E-state index in [9.17, 15) is 4.79 Å². The Morgan fingerprint density at radius 3 is 2.38 bits per heavy atom. The minimum absolute atomic E-state index is 0.227. The molecule has 0 aliphatic carbocycles. The fraction of sp³-hybridized carbons (Fsp3) is 0.727.